The molecule has 31 heavy (non-hydrogen) atoms. The van der Waals surface area contributed by atoms with Gasteiger partial charge in [-0.25, -0.2) is 16.8 Å². The van der Waals surface area contributed by atoms with E-state index in [4.69, 9.17) is 0 Å². The molecule has 0 spiro atoms. The maximum atomic E-state index is 12.7. The van der Waals surface area contributed by atoms with Crippen LogP contribution in [0.25, 0.3) is 0 Å². The third-order valence-electron chi connectivity index (χ3n) is 4.40. The second-order valence-corrected chi connectivity index (χ2v) is 10.4. The number of anilines is 3. The third kappa shape index (κ3) is 5.62. The minimum Gasteiger partial charge on any atom is -0.322 e. The van der Waals surface area contributed by atoms with E-state index in [9.17, 15) is 21.6 Å². The second kappa shape index (κ2) is 8.78. The molecule has 3 rings (SSSR count). The summed E-state index contributed by atoms with van der Waals surface area (Å²) in [5.41, 5.74) is 1.26. The van der Waals surface area contributed by atoms with Crippen LogP contribution in [0.4, 0.5) is 17.1 Å². The fraction of sp³-hybridized carbons (Fsp3) is 0.0952. The number of hydrogen-bond acceptors (Lipinski definition) is 5. The monoisotopic (exact) mass is 459 g/mol. The molecule has 0 atom stereocenters. The highest BCUT2D eigenvalue weighted by atomic mass is 32.2. The first-order chi connectivity index (χ1) is 14.6. The van der Waals surface area contributed by atoms with Crippen LogP contribution in [0, 0.1) is 0 Å². The molecule has 0 radical (unpaired) electrons. The predicted octanol–water partition coefficient (Wildman–Crippen LogP) is 3.14. The molecule has 0 aromatic heterocycles. The molecule has 0 fully saturated rings. The van der Waals surface area contributed by atoms with Crippen LogP contribution in [0.1, 0.15) is 10.4 Å². The smallest absolute Gasteiger partial charge is 0.261 e. The summed E-state index contributed by atoms with van der Waals surface area (Å²) in [5, 5.41) is 2.69. The van der Waals surface area contributed by atoms with E-state index in [-0.39, 0.29) is 16.1 Å². The molecule has 0 aliphatic heterocycles. The predicted molar refractivity (Wildman–Crippen MR) is 121 cm³/mol. The van der Waals surface area contributed by atoms with Crippen molar-refractivity contribution in [2.45, 2.75) is 4.90 Å². The van der Waals surface area contributed by atoms with Gasteiger partial charge in [-0.1, -0.05) is 30.3 Å². The molecule has 2 N–H and O–H groups in total. The Kier molecular flexibility index (Phi) is 6.32. The Balaban J connectivity index is 1.78. The standard InChI is InChI=1S/C21H21N3O5S2/c1-24(30(2,26)27)19-11-7-9-17(15-19)22-21(25)16-8-6-10-18(14-16)23-31(28,29)20-12-4-3-5-13-20/h3-15,23H,1-2H3,(H,22,25). The van der Waals surface area contributed by atoms with Gasteiger partial charge < -0.3 is 5.32 Å². The van der Waals surface area contributed by atoms with Crippen LogP contribution < -0.4 is 14.3 Å². The van der Waals surface area contributed by atoms with Crippen LogP contribution in [0.2, 0.25) is 0 Å². The molecule has 8 nitrogen and oxygen atoms in total. The van der Waals surface area contributed by atoms with Gasteiger partial charge in [-0.15, -0.1) is 0 Å². The summed E-state index contributed by atoms with van der Waals surface area (Å²) in [5.74, 6) is -0.472. The zero-order valence-electron chi connectivity index (χ0n) is 16.8. The number of carbonyl (C=O) groups excluding carboxylic acids is 1. The van der Waals surface area contributed by atoms with E-state index < -0.39 is 26.0 Å². The summed E-state index contributed by atoms with van der Waals surface area (Å²) in [7, 11) is -5.82. The maximum absolute atomic E-state index is 12.7. The highest BCUT2D eigenvalue weighted by Gasteiger charge is 2.16. The van der Waals surface area contributed by atoms with Crippen molar-refractivity contribution in [1.29, 1.82) is 0 Å². The first-order valence-electron chi connectivity index (χ1n) is 9.09. The van der Waals surface area contributed by atoms with E-state index >= 15 is 0 Å². The van der Waals surface area contributed by atoms with Gasteiger partial charge in [0.05, 0.1) is 16.8 Å². The topological polar surface area (TPSA) is 113 Å². The Morgan fingerprint density at radius 1 is 0.806 bits per heavy atom. The van der Waals surface area contributed by atoms with Crippen LogP contribution in [0.15, 0.2) is 83.8 Å². The molecule has 0 unspecified atom stereocenters. The van der Waals surface area contributed by atoms with Crippen LogP contribution in [-0.2, 0) is 20.0 Å². The summed E-state index contributed by atoms with van der Waals surface area (Å²) in [6.45, 7) is 0. The number of benzene rings is 3. The first-order valence-corrected chi connectivity index (χ1v) is 12.4. The molecule has 0 saturated heterocycles. The number of hydrogen-bond donors (Lipinski definition) is 2. The molecule has 3 aromatic carbocycles. The molecule has 0 bridgehead atoms. The molecule has 0 aliphatic carbocycles. The van der Waals surface area contributed by atoms with Crippen molar-refractivity contribution in [3.8, 4) is 0 Å². The van der Waals surface area contributed by atoms with E-state index in [0.717, 1.165) is 10.6 Å². The molecule has 162 valence electrons. The van der Waals surface area contributed by atoms with Gasteiger partial charge in [0.25, 0.3) is 15.9 Å². The minimum atomic E-state index is -3.79. The first kappa shape index (κ1) is 22.3. The lowest BCUT2D eigenvalue weighted by atomic mass is 10.2. The second-order valence-electron chi connectivity index (χ2n) is 6.73. The summed E-state index contributed by atoms with van der Waals surface area (Å²) in [4.78, 5) is 12.8. The summed E-state index contributed by atoms with van der Waals surface area (Å²) in [6, 6.07) is 20.3. The molecule has 0 aliphatic rings. The van der Waals surface area contributed by atoms with Crippen LogP contribution in [0.5, 0.6) is 0 Å². The molecule has 3 aromatic rings. The van der Waals surface area contributed by atoms with Crippen molar-refractivity contribution in [1.82, 2.24) is 0 Å². The van der Waals surface area contributed by atoms with Gasteiger partial charge >= 0.3 is 0 Å². The van der Waals surface area contributed by atoms with Crippen LogP contribution >= 0.6 is 0 Å². The number of nitrogens with zero attached hydrogens (tertiary/aromatic N) is 1. The Hall–Kier alpha value is -3.37. The van der Waals surface area contributed by atoms with E-state index in [1.807, 2.05) is 0 Å². The Labute approximate surface area is 181 Å². The highest BCUT2D eigenvalue weighted by Crippen LogP contribution is 2.22. The summed E-state index contributed by atoms with van der Waals surface area (Å²) < 4.78 is 52.0. The molecule has 0 saturated carbocycles. The van der Waals surface area contributed by atoms with Gasteiger partial charge in [0.15, 0.2) is 0 Å². The number of nitrogens with one attached hydrogen (secondary N) is 2. The third-order valence-corrected chi connectivity index (χ3v) is 7.00. The average molecular weight is 460 g/mol. The highest BCUT2D eigenvalue weighted by molar-refractivity contribution is 7.92. The zero-order chi connectivity index (χ0) is 22.6. The molecular formula is C21H21N3O5S2. The normalized spacial score (nSPS) is 11.5. The molecule has 1 amide bonds. The quantitative estimate of drug-likeness (QED) is 0.564. The number of amides is 1. The lowest BCUT2D eigenvalue weighted by Gasteiger charge is -2.17. The van der Waals surface area contributed by atoms with Crippen molar-refractivity contribution in [2.24, 2.45) is 0 Å². The number of carbonyl (C=O) groups is 1. The van der Waals surface area contributed by atoms with Crippen molar-refractivity contribution >= 4 is 43.0 Å². The van der Waals surface area contributed by atoms with Gasteiger partial charge in [-0.05, 0) is 48.5 Å². The van der Waals surface area contributed by atoms with Gasteiger partial charge in [-0.2, -0.15) is 0 Å². The zero-order valence-corrected chi connectivity index (χ0v) is 18.4. The lowest BCUT2D eigenvalue weighted by molar-refractivity contribution is 0.102. The Morgan fingerprint density at radius 3 is 2.13 bits per heavy atom. The summed E-state index contributed by atoms with van der Waals surface area (Å²) >= 11 is 0. The lowest BCUT2D eigenvalue weighted by Crippen LogP contribution is -2.24. The van der Waals surface area contributed by atoms with Gasteiger partial charge in [0.1, 0.15) is 0 Å². The molecular weight excluding hydrogens is 438 g/mol. The fourth-order valence-electron chi connectivity index (χ4n) is 2.71. The van der Waals surface area contributed by atoms with Gasteiger partial charge in [0.2, 0.25) is 10.0 Å². The molecule has 0 heterocycles. The van der Waals surface area contributed by atoms with E-state index in [1.165, 1.54) is 31.3 Å². The molecule has 10 heteroatoms. The fourth-order valence-corrected chi connectivity index (χ4v) is 4.28. The van der Waals surface area contributed by atoms with E-state index in [2.05, 4.69) is 10.0 Å². The van der Waals surface area contributed by atoms with Crippen molar-refractivity contribution in [3.05, 3.63) is 84.4 Å². The summed E-state index contributed by atoms with van der Waals surface area (Å²) in [6.07, 6.45) is 1.08. The van der Waals surface area contributed by atoms with Gasteiger partial charge in [0, 0.05) is 24.0 Å². The number of rotatable bonds is 7. The number of sulfonamides is 2. The maximum Gasteiger partial charge on any atom is 0.261 e. The van der Waals surface area contributed by atoms with Crippen molar-refractivity contribution in [2.75, 3.05) is 27.6 Å². The Bertz CT molecular complexity index is 1310. The average Bonchev–Trinajstić information content (AvgIpc) is 2.73. The largest absolute Gasteiger partial charge is 0.322 e. The van der Waals surface area contributed by atoms with Crippen molar-refractivity contribution in [3.63, 3.8) is 0 Å². The SMILES string of the molecule is CN(c1cccc(NC(=O)c2cccc(NS(=O)(=O)c3ccccc3)c2)c1)S(C)(=O)=O. The van der Waals surface area contributed by atoms with E-state index in [1.54, 1.807) is 54.6 Å². The van der Waals surface area contributed by atoms with Gasteiger partial charge in [-0.3, -0.25) is 13.8 Å². The van der Waals surface area contributed by atoms with E-state index in [0.29, 0.717) is 11.4 Å². The Morgan fingerprint density at radius 2 is 1.45 bits per heavy atom. The minimum absolute atomic E-state index is 0.108. The van der Waals surface area contributed by atoms with Crippen LogP contribution in [0.3, 0.4) is 0 Å². The van der Waals surface area contributed by atoms with Crippen molar-refractivity contribution < 1.29 is 21.6 Å². The van der Waals surface area contributed by atoms with Crippen LogP contribution in [-0.4, -0.2) is 36.0 Å².